The Morgan fingerprint density at radius 3 is 3.00 bits per heavy atom. The Bertz CT molecular complexity index is 815. The van der Waals surface area contributed by atoms with Crippen molar-refractivity contribution in [1.82, 2.24) is 20.2 Å². The van der Waals surface area contributed by atoms with Gasteiger partial charge in [0.25, 0.3) is 0 Å². The molecule has 21 heavy (non-hydrogen) atoms. The molecule has 0 saturated heterocycles. The number of amidine groups is 1. The van der Waals surface area contributed by atoms with Crippen molar-refractivity contribution in [3.8, 4) is 5.75 Å². The lowest BCUT2D eigenvalue weighted by atomic mass is 10.3. The van der Waals surface area contributed by atoms with Gasteiger partial charge in [0.15, 0.2) is 5.16 Å². The third-order valence-corrected chi connectivity index (χ3v) is 3.72. The van der Waals surface area contributed by atoms with Gasteiger partial charge in [0.2, 0.25) is 0 Å². The highest BCUT2D eigenvalue weighted by Gasteiger charge is 2.12. The molecule has 2 aromatic heterocycles. The van der Waals surface area contributed by atoms with Crippen LogP contribution in [-0.2, 0) is 0 Å². The maximum Gasteiger partial charge on any atom is 0.172 e. The number of aromatic amines is 1. The molecule has 0 fully saturated rings. The number of aromatic nitrogens is 4. The molecule has 0 saturated carbocycles. The summed E-state index contributed by atoms with van der Waals surface area (Å²) < 4.78 is 5.18. The maximum atomic E-state index is 7.55. The number of nitrogens with zero attached hydrogens (tertiary/aromatic N) is 3. The third kappa shape index (κ3) is 2.65. The molecule has 4 N–H and O–H groups in total. The van der Waals surface area contributed by atoms with E-state index in [-0.39, 0.29) is 5.84 Å². The van der Waals surface area contributed by atoms with Gasteiger partial charge in [0.05, 0.1) is 29.9 Å². The fourth-order valence-corrected chi connectivity index (χ4v) is 2.70. The lowest BCUT2D eigenvalue weighted by Crippen LogP contribution is -2.13. The minimum absolute atomic E-state index is 0.0508. The molecule has 3 rings (SSSR count). The molecule has 0 unspecified atom stereocenters. The molecule has 3 aromatic rings. The van der Waals surface area contributed by atoms with Crippen molar-refractivity contribution in [2.75, 3.05) is 7.11 Å². The van der Waals surface area contributed by atoms with Crippen molar-refractivity contribution in [2.45, 2.75) is 10.2 Å². The van der Waals surface area contributed by atoms with E-state index in [1.165, 1.54) is 18.0 Å². The van der Waals surface area contributed by atoms with Crippen molar-refractivity contribution in [2.24, 2.45) is 5.73 Å². The second kappa shape index (κ2) is 5.41. The average molecular weight is 300 g/mol. The summed E-state index contributed by atoms with van der Waals surface area (Å²) in [4.78, 5) is 7.63. The van der Waals surface area contributed by atoms with Crippen molar-refractivity contribution < 1.29 is 4.74 Å². The van der Waals surface area contributed by atoms with Crippen LogP contribution in [0.4, 0.5) is 0 Å². The zero-order chi connectivity index (χ0) is 14.8. The average Bonchev–Trinajstić information content (AvgIpc) is 2.88. The smallest absolute Gasteiger partial charge is 0.172 e. The minimum atomic E-state index is -0.0508. The molecule has 0 amide bonds. The number of methoxy groups -OCH3 is 1. The van der Waals surface area contributed by atoms with E-state index in [0.717, 1.165) is 16.8 Å². The van der Waals surface area contributed by atoms with Crippen LogP contribution in [0.2, 0.25) is 0 Å². The van der Waals surface area contributed by atoms with Crippen LogP contribution in [0.15, 0.2) is 40.6 Å². The van der Waals surface area contributed by atoms with E-state index in [0.29, 0.717) is 15.7 Å². The highest BCUT2D eigenvalue weighted by Crippen LogP contribution is 2.28. The Labute approximate surface area is 124 Å². The molecule has 0 spiro atoms. The van der Waals surface area contributed by atoms with Gasteiger partial charge in [-0.05, 0) is 30.0 Å². The van der Waals surface area contributed by atoms with Crippen LogP contribution in [0.5, 0.6) is 5.75 Å². The SMILES string of the molecule is COc1ccc2nc(Sc3nnccc3C(=N)N)[nH]c2c1. The van der Waals surface area contributed by atoms with Crippen molar-refractivity contribution >= 4 is 28.6 Å². The zero-order valence-electron chi connectivity index (χ0n) is 11.1. The Morgan fingerprint density at radius 2 is 2.24 bits per heavy atom. The molecule has 0 aliphatic carbocycles. The van der Waals surface area contributed by atoms with Gasteiger partial charge in [-0.25, -0.2) is 4.98 Å². The summed E-state index contributed by atoms with van der Waals surface area (Å²) in [5, 5.41) is 16.6. The van der Waals surface area contributed by atoms with Crippen molar-refractivity contribution in [3.63, 3.8) is 0 Å². The number of hydrogen-bond acceptors (Lipinski definition) is 6. The predicted octanol–water partition coefficient (Wildman–Crippen LogP) is 1.80. The molecular weight excluding hydrogens is 288 g/mol. The molecule has 8 heteroatoms. The number of imidazole rings is 1. The topological polar surface area (TPSA) is 114 Å². The van der Waals surface area contributed by atoms with Crippen LogP contribution < -0.4 is 10.5 Å². The summed E-state index contributed by atoms with van der Waals surface area (Å²) in [6.07, 6.45) is 1.50. The van der Waals surface area contributed by atoms with Gasteiger partial charge >= 0.3 is 0 Å². The Hall–Kier alpha value is -2.61. The van der Waals surface area contributed by atoms with Crippen LogP contribution in [0.25, 0.3) is 11.0 Å². The van der Waals surface area contributed by atoms with E-state index < -0.39 is 0 Å². The van der Waals surface area contributed by atoms with Crippen LogP contribution >= 0.6 is 11.8 Å². The Balaban J connectivity index is 1.97. The number of benzene rings is 1. The largest absolute Gasteiger partial charge is 0.497 e. The van der Waals surface area contributed by atoms with Crippen LogP contribution in [-0.4, -0.2) is 33.1 Å². The second-order valence-electron chi connectivity index (χ2n) is 4.19. The normalized spacial score (nSPS) is 10.7. The number of nitrogen functional groups attached to an aromatic ring is 1. The van der Waals surface area contributed by atoms with E-state index >= 15 is 0 Å². The molecule has 106 valence electrons. The number of rotatable bonds is 4. The molecule has 7 nitrogen and oxygen atoms in total. The van der Waals surface area contributed by atoms with Crippen molar-refractivity contribution in [3.05, 3.63) is 36.0 Å². The van der Waals surface area contributed by atoms with E-state index in [9.17, 15) is 0 Å². The first-order valence-corrected chi connectivity index (χ1v) is 6.86. The quantitative estimate of drug-likeness (QED) is 0.500. The molecule has 2 heterocycles. The van der Waals surface area contributed by atoms with E-state index in [4.69, 9.17) is 15.9 Å². The summed E-state index contributed by atoms with van der Waals surface area (Å²) in [6, 6.07) is 7.25. The third-order valence-electron chi connectivity index (χ3n) is 2.84. The lowest BCUT2D eigenvalue weighted by Gasteiger charge is -2.02. The van der Waals surface area contributed by atoms with E-state index in [2.05, 4.69) is 20.2 Å². The summed E-state index contributed by atoms with van der Waals surface area (Å²) in [5.74, 6) is 0.705. The molecule has 0 atom stereocenters. The molecule has 0 radical (unpaired) electrons. The highest BCUT2D eigenvalue weighted by atomic mass is 32.2. The maximum absolute atomic E-state index is 7.55. The van der Waals surface area contributed by atoms with Gasteiger partial charge in [-0.15, -0.1) is 5.10 Å². The lowest BCUT2D eigenvalue weighted by molar-refractivity contribution is 0.415. The number of hydrogen-bond donors (Lipinski definition) is 3. The molecule has 0 aliphatic heterocycles. The number of nitrogens with one attached hydrogen (secondary N) is 2. The first kappa shape index (κ1) is 13.4. The van der Waals surface area contributed by atoms with Gasteiger partial charge in [-0.1, -0.05) is 0 Å². The van der Waals surface area contributed by atoms with Gasteiger partial charge in [-0.2, -0.15) is 5.10 Å². The number of ether oxygens (including phenoxy) is 1. The predicted molar refractivity (Wildman–Crippen MR) is 79.8 cm³/mol. The van der Waals surface area contributed by atoms with Gasteiger partial charge in [0, 0.05) is 6.07 Å². The van der Waals surface area contributed by atoms with Gasteiger partial charge in [-0.3, -0.25) is 5.41 Å². The van der Waals surface area contributed by atoms with E-state index in [1.807, 2.05) is 18.2 Å². The zero-order valence-corrected chi connectivity index (χ0v) is 11.9. The summed E-state index contributed by atoms with van der Waals surface area (Å²) in [7, 11) is 1.62. The summed E-state index contributed by atoms with van der Waals surface area (Å²) >= 11 is 1.28. The van der Waals surface area contributed by atoms with Crippen LogP contribution in [0.3, 0.4) is 0 Å². The Kier molecular flexibility index (Phi) is 3.44. The first-order chi connectivity index (χ1) is 10.2. The summed E-state index contributed by atoms with van der Waals surface area (Å²) in [6.45, 7) is 0. The molecule has 0 bridgehead atoms. The van der Waals surface area contributed by atoms with E-state index in [1.54, 1.807) is 13.2 Å². The fraction of sp³-hybridized carbons (Fsp3) is 0.0769. The number of nitrogens with two attached hydrogens (primary N) is 1. The second-order valence-corrected chi connectivity index (χ2v) is 5.17. The van der Waals surface area contributed by atoms with Gasteiger partial charge in [0.1, 0.15) is 16.6 Å². The molecule has 0 aliphatic rings. The standard InChI is InChI=1S/C13H12N6OS/c1-20-7-2-3-9-10(6-7)18-13(17-9)21-12-8(11(14)15)4-5-16-19-12/h2-6H,1H3,(H3,14,15)(H,17,18). The number of H-pyrrole nitrogens is 1. The molecule has 1 aromatic carbocycles. The van der Waals surface area contributed by atoms with Crippen LogP contribution in [0, 0.1) is 5.41 Å². The summed E-state index contributed by atoms with van der Waals surface area (Å²) in [5.41, 5.74) is 7.76. The molecular formula is C13H12N6OS. The van der Waals surface area contributed by atoms with Crippen LogP contribution in [0.1, 0.15) is 5.56 Å². The fourth-order valence-electron chi connectivity index (χ4n) is 1.83. The first-order valence-electron chi connectivity index (χ1n) is 6.05. The monoisotopic (exact) mass is 300 g/mol. The minimum Gasteiger partial charge on any atom is -0.497 e. The highest BCUT2D eigenvalue weighted by molar-refractivity contribution is 7.99. The number of fused-ring (bicyclic) bond motifs is 1. The van der Waals surface area contributed by atoms with Crippen molar-refractivity contribution in [1.29, 1.82) is 5.41 Å². The van der Waals surface area contributed by atoms with Gasteiger partial charge < -0.3 is 15.5 Å². The Morgan fingerprint density at radius 1 is 1.38 bits per heavy atom.